The summed E-state index contributed by atoms with van der Waals surface area (Å²) in [6.45, 7) is 6.43. The summed E-state index contributed by atoms with van der Waals surface area (Å²) < 4.78 is 0. The summed E-state index contributed by atoms with van der Waals surface area (Å²) in [7, 11) is 0. The van der Waals surface area contributed by atoms with Gasteiger partial charge in [-0.2, -0.15) is 0 Å². The first-order chi connectivity index (χ1) is 8.61. The van der Waals surface area contributed by atoms with Crippen molar-refractivity contribution in [2.75, 3.05) is 0 Å². The van der Waals surface area contributed by atoms with Crippen LogP contribution in [0.5, 0.6) is 0 Å². The molecule has 0 saturated carbocycles. The lowest BCUT2D eigenvalue weighted by atomic mass is 9.95. The molecule has 1 atom stereocenters. The Morgan fingerprint density at radius 2 is 1.67 bits per heavy atom. The fourth-order valence-corrected chi connectivity index (χ4v) is 2.16. The molecule has 0 spiro atoms. The summed E-state index contributed by atoms with van der Waals surface area (Å²) in [5, 5.41) is 0. The van der Waals surface area contributed by atoms with Crippen molar-refractivity contribution in [2.45, 2.75) is 33.2 Å². The van der Waals surface area contributed by atoms with Gasteiger partial charge in [-0.25, -0.2) is 0 Å². The third-order valence-electron chi connectivity index (χ3n) is 3.61. The van der Waals surface area contributed by atoms with Gasteiger partial charge in [-0.3, -0.25) is 0 Å². The Morgan fingerprint density at radius 1 is 0.944 bits per heavy atom. The number of hydrogen-bond donors (Lipinski definition) is 1. The van der Waals surface area contributed by atoms with Crippen LogP contribution in [0, 0.1) is 13.8 Å². The van der Waals surface area contributed by atoms with Crippen molar-refractivity contribution in [3.8, 4) is 0 Å². The maximum atomic E-state index is 6.36. The van der Waals surface area contributed by atoms with Gasteiger partial charge in [0.25, 0.3) is 0 Å². The molecule has 1 heteroatoms. The first-order valence-corrected chi connectivity index (χ1v) is 6.53. The van der Waals surface area contributed by atoms with Crippen molar-refractivity contribution in [1.29, 1.82) is 0 Å². The molecule has 0 aliphatic rings. The van der Waals surface area contributed by atoms with Gasteiger partial charge in [0.1, 0.15) is 0 Å². The van der Waals surface area contributed by atoms with Crippen LogP contribution < -0.4 is 5.73 Å². The highest BCUT2D eigenvalue weighted by atomic mass is 14.6. The van der Waals surface area contributed by atoms with Crippen LogP contribution >= 0.6 is 0 Å². The number of nitrogens with two attached hydrogens (primary N) is 1. The van der Waals surface area contributed by atoms with E-state index in [-0.39, 0.29) is 6.04 Å². The smallest absolute Gasteiger partial charge is 0.0551 e. The quantitative estimate of drug-likeness (QED) is 0.863. The van der Waals surface area contributed by atoms with Crippen molar-refractivity contribution in [3.63, 3.8) is 0 Å². The normalized spacial score (nSPS) is 12.4. The highest BCUT2D eigenvalue weighted by Crippen LogP contribution is 2.22. The average Bonchev–Trinajstić information content (AvgIpc) is 2.41. The zero-order valence-corrected chi connectivity index (χ0v) is 11.4. The standard InChI is InChI=1S/C17H21N/c1-4-14-6-5-7-15(11-14)17(18)16-9-8-12(2)13(3)10-16/h5-11,17H,4,18H2,1-3H3. The Kier molecular flexibility index (Phi) is 3.83. The number of aryl methyl sites for hydroxylation is 3. The van der Waals surface area contributed by atoms with Gasteiger partial charge in [-0.05, 0) is 48.1 Å². The molecular weight excluding hydrogens is 218 g/mol. The number of benzene rings is 2. The maximum absolute atomic E-state index is 6.36. The maximum Gasteiger partial charge on any atom is 0.0551 e. The van der Waals surface area contributed by atoms with E-state index in [1.807, 2.05) is 0 Å². The molecule has 2 aromatic rings. The van der Waals surface area contributed by atoms with Crippen molar-refractivity contribution >= 4 is 0 Å². The predicted octanol–water partition coefficient (Wildman–Crippen LogP) is 3.91. The van der Waals surface area contributed by atoms with Crippen LogP contribution in [-0.4, -0.2) is 0 Å². The van der Waals surface area contributed by atoms with Crippen molar-refractivity contribution in [3.05, 3.63) is 70.3 Å². The molecular formula is C17H21N. The van der Waals surface area contributed by atoms with Crippen LogP contribution in [0.2, 0.25) is 0 Å². The minimum absolute atomic E-state index is 0.0317. The first kappa shape index (κ1) is 12.8. The second kappa shape index (κ2) is 5.36. The lowest BCUT2D eigenvalue weighted by molar-refractivity contribution is 0.864. The monoisotopic (exact) mass is 239 g/mol. The first-order valence-electron chi connectivity index (χ1n) is 6.53. The zero-order valence-electron chi connectivity index (χ0n) is 11.4. The van der Waals surface area contributed by atoms with Gasteiger partial charge in [0.2, 0.25) is 0 Å². The Balaban J connectivity index is 2.34. The molecule has 0 aliphatic heterocycles. The van der Waals surface area contributed by atoms with E-state index in [0.29, 0.717) is 0 Å². The SMILES string of the molecule is CCc1cccc(C(N)c2ccc(C)c(C)c2)c1. The molecule has 0 heterocycles. The lowest BCUT2D eigenvalue weighted by Gasteiger charge is -2.15. The van der Waals surface area contributed by atoms with Gasteiger partial charge in [-0.15, -0.1) is 0 Å². The zero-order chi connectivity index (χ0) is 13.1. The fourth-order valence-electron chi connectivity index (χ4n) is 2.16. The van der Waals surface area contributed by atoms with E-state index in [0.717, 1.165) is 6.42 Å². The molecule has 0 aliphatic carbocycles. The van der Waals surface area contributed by atoms with Crippen LogP contribution in [0.1, 0.15) is 40.8 Å². The van der Waals surface area contributed by atoms with Crippen LogP contribution in [0.25, 0.3) is 0 Å². The molecule has 18 heavy (non-hydrogen) atoms. The molecule has 0 saturated heterocycles. The molecule has 2 aromatic carbocycles. The van der Waals surface area contributed by atoms with E-state index in [1.54, 1.807) is 0 Å². The van der Waals surface area contributed by atoms with E-state index >= 15 is 0 Å². The second-order valence-corrected chi connectivity index (χ2v) is 4.92. The van der Waals surface area contributed by atoms with Gasteiger partial charge in [0.05, 0.1) is 6.04 Å². The summed E-state index contributed by atoms with van der Waals surface area (Å²) >= 11 is 0. The lowest BCUT2D eigenvalue weighted by Crippen LogP contribution is -2.12. The Morgan fingerprint density at radius 3 is 2.33 bits per heavy atom. The van der Waals surface area contributed by atoms with Gasteiger partial charge in [0.15, 0.2) is 0 Å². The average molecular weight is 239 g/mol. The van der Waals surface area contributed by atoms with Crippen LogP contribution in [-0.2, 0) is 6.42 Å². The highest BCUT2D eigenvalue weighted by Gasteiger charge is 2.09. The molecule has 2 rings (SSSR count). The van der Waals surface area contributed by atoms with E-state index in [9.17, 15) is 0 Å². The second-order valence-electron chi connectivity index (χ2n) is 4.92. The number of rotatable bonds is 3. The summed E-state index contributed by atoms with van der Waals surface area (Å²) in [6.07, 6.45) is 1.05. The predicted molar refractivity (Wildman–Crippen MR) is 77.8 cm³/mol. The van der Waals surface area contributed by atoms with Crippen molar-refractivity contribution in [1.82, 2.24) is 0 Å². The van der Waals surface area contributed by atoms with E-state index < -0.39 is 0 Å². The molecule has 2 N–H and O–H groups in total. The van der Waals surface area contributed by atoms with Gasteiger partial charge in [0, 0.05) is 0 Å². The van der Waals surface area contributed by atoms with Crippen LogP contribution in [0.15, 0.2) is 42.5 Å². The summed E-state index contributed by atoms with van der Waals surface area (Å²) in [5.74, 6) is 0. The third-order valence-corrected chi connectivity index (χ3v) is 3.61. The van der Waals surface area contributed by atoms with E-state index in [2.05, 4.69) is 63.2 Å². The number of hydrogen-bond acceptors (Lipinski definition) is 1. The Hall–Kier alpha value is -1.60. The van der Waals surface area contributed by atoms with Crippen LogP contribution in [0.4, 0.5) is 0 Å². The minimum atomic E-state index is -0.0317. The topological polar surface area (TPSA) is 26.0 Å². The highest BCUT2D eigenvalue weighted by molar-refractivity contribution is 5.38. The molecule has 94 valence electrons. The fraction of sp³-hybridized carbons (Fsp3) is 0.294. The summed E-state index contributed by atoms with van der Waals surface area (Å²) in [4.78, 5) is 0. The van der Waals surface area contributed by atoms with Gasteiger partial charge >= 0.3 is 0 Å². The molecule has 0 aromatic heterocycles. The van der Waals surface area contributed by atoms with Crippen molar-refractivity contribution < 1.29 is 0 Å². The van der Waals surface area contributed by atoms with Gasteiger partial charge in [-0.1, -0.05) is 49.4 Å². The minimum Gasteiger partial charge on any atom is -0.320 e. The molecule has 1 unspecified atom stereocenters. The summed E-state index contributed by atoms with van der Waals surface area (Å²) in [5.41, 5.74) is 12.7. The van der Waals surface area contributed by atoms with Crippen molar-refractivity contribution in [2.24, 2.45) is 5.73 Å². The van der Waals surface area contributed by atoms with E-state index in [1.165, 1.54) is 27.8 Å². The molecule has 1 nitrogen and oxygen atoms in total. The Bertz CT molecular complexity index is 543. The summed E-state index contributed by atoms with van der Waals surface area (Å²) in [6, 6.07) is 15.0. The molecule has 0 amide bonds. The van der Waals surface area contributed by atoms with Crippen LogP contribution in [0.3, 0.4) is 0 Å². The van der Waals surface area contributed by atoms with E-state index in [4.69, 9.17) is 5.73 Å². The molecule has 0 fully saturated rings. The largest absolute Gasteiger partial charge is 0.320 e. The molecule has 0 bridgehead atoms. The van der Waals surface area contributed by atoms with Gasteiger partial charge < -0.3 is 5.73 Å². The molecule has 0 radical (unpaired) electrons. The Labute approximate surface area is 110 Å². The third kappa shape index (κ3) is 2.62.